The summed E-state index contributed by atoms with van der Waals surface area (Å²) in [6.07, 6.45) is 11.9. The van der Waals surface area contributed by atoms with Crippen molar-refractivity contribution in [3.8, 4) is 5.75 Å². The summed E-state index contributed by atoms with van der Waals surface area (Å²) in [4.78, 5) is 18.3. The molecule has 2 heterocycles. The Kier molecular flexibility index (Phi) is 7.10. The molecule has 1 aromatic rings. The molecular weight excluding hydrogens is 467 g/mol. The van der Waals surface area contributed by atoms with Gasteiger partial charge in [0.2, 0.25) is 0 Å². The topological polar surface area (TPSA) is 51.7 Å². The zero-order valence-corrected chi connectivity index (χ0v) is 19.5. The van der Waals surface area contributed by atoms with E-state index in [9.17, 15) is 4.79 Å². The number of rotatable bonds is 4. The first kappa shape index (κ1) is 21.7. The molecule has 1 aliphatic heterocycles. The van der Waals surface area contributed by atoms with Gasteiger partial charge in [-0.25, -0.2) is 4.79 Å². The number of aromatic nitrogens is 1. The van der Waals surface area contributed by atoms with E-state index in [-0.39, 0.29) is 6.09 Å². The van der Waals surface area contributed by atoms with Gasteiger partial charge in [0, 0.05) is 22.9 Å². The lowest BCUT2D eigenvalue weighted by Crippen LogP contribution is -2.46. The summed E-state index contributed by atoms with van der Waals surface area (Å²) < 4.78 is 12.5. The average molecular weight is 500 g/mol. The lowest BCUT2D eigenvalue weighted by Gasteiger charge is -2.46. The van der Waals surface area contributed by atoms with Crippen LogP contribution in [0.4, 0.5) is 4.79 Å². The normalized spacial score (nSPS) is 20.2. The van der Waals surface area contributed by atoms with Crippen LogP contribution in [-0.2, 0) is 4.74 Å². The number of hydrogen-bond acceptors (Lipinski definition) is 4. The molecule has 0 unspecified atom stereocenters. The zero-order valence-electron chi connectivity index (χ0n) is 17.4. The van der Waals surface area contributed by atoms with Gasteiger partial charge in [-0.3, -0.25) is 4.98 Å². The van der Waals surface area contributed by atoms with E-state index in [0.717, 1.165) is 54.2 Å². The summed E-state index contributed by atoms with van der Waals surface area (Å²) >= 11 is 2.26. The molecule has 1 saturated heterocycles. The van der Waals surface area contributed by atoms with Crippen molar-refractivity contribution in [1.82, 2.24) is 9.88 Å². The molecular formula is C22H33IN2O3. The molecule has 1 aromatic heterocycles. The van der Waals surface area contributed by atoms with Gasteiger partial charge in [0.1, 0.15) is 11.4 Å². The maximum atomic E-state index is 12.3. The van der Waals surface area contributed by atoms with Gasteiger partial charge in [-0.1, -0.05) is 0 Å². The number of likely N-dealkylation sites (tertiary alicyclic amines) is 1. The molecule has 0 N–H and O–H groups in total. The first-order chi connectivity index (χ1) is 13.2. The third kappa shape index (κ3) is 6.22. The van der Waals surface area contributed by atoms with Crippen LogP contribution in [0.1, 0.15) is 65.7 Å². The molecule has 6 heteroatoms. The van der Waals surface area contributed by atoms with Gasteiger partial charge < -0.3 is 14.4 Å². The van der Waals surface area contributed by atoms with E-state index in [1.54, 1.807) is 6.20 Å². The van der Waals surface area contributed by atoms with Crippen molar-refractivity contribution in [3.05, 3.63) is 22.0 Å². The van der Waals surface area contributed by atoms with Gasteiger partial charge in [0.05, 0.1) is 12.8 Å². The third-order valence-electron chi connectivity index (χ3n) is 6.12. The minimum absolute atomic E-state index is 0.154. The fourth-order valence-corrected chi connectivity index (χ4v) is 4.85. The van der Waals surface area contributed by atoms with Gasteiger partial charge >= 0.3 is 6.09 Å². The van der Waals surface area contributed by atoms with Crippen LogP contribution in [0.2, 0.25) is 0 Å². The molecule has 2 fully saturated rings. The quantitative estimate of drug-likeness (QED) is 0.501. The third-order valence-corrected chi connectivity index (χ3v) is 6.71. The van der Waals surface area contributed by atoms with Crippen LogP contribution in [0, 0.1) is 14.9 Å². The molecule has 0 atom stereocenters. The van der Waals surface area contributed by atoms with E-state index in [0.29, 0.717) is 5.41 Å². The van der Waals surface area contributed by atoms with Gasteiger partial charge in [-0.15, -0.1) is 0 Å². The van der Waals surface area contributed by atoms with Crippen LogP contribution in [0.3, 0.4) is 0 Å². The number of ether oxygens (including phenoxy) is 2. The number of nitrogens with zero attached hydrogens (tertiary/aromatic N) is 2. The highest BCUT2D eigenvalue weighted by Crippen LogP contribution is 2.47. The summed E-state index contributed by atoms with van der Waals surface area (Å²) in [6, 6.07) is 2.03. The monoisotopic (exact) mass is 500 g/mol. The standard InChI is InChI=1S/C22H33IN2O3/c1-21(2,3)28-20(26)25-11-9-22(10-12-25)7-4-17(5-8-22)6-13-27-19-14-18(23)15-24-16-19/h14-17H,4-13H2,1-3H3. The molecule has 1 spiro atoms. The summed E-state index contributed by atoms with van der Waals surface area (Å²) in [6.45, 7) is 8.22. The van der Waals surface area contributed by atoms with Gasteiger partial charge in [-0.05, 0) is 106 Å². The highest BCUT2D eigenvalue weighted by molar-refractivity contribution is 14.1. The highest BCUT2D eigenvalue weighted by Gasteiger charge is 2.39. The Morgan fingerprint density at radius 3 is 2.50 bits per heavy atom. The van der Waals surface area contributed by atoms with Crippen molar-refractivity contribution in [3.63, 3.8) is 0 Å². The van der Waals surface area contributed by atoms with Crippen LogP contribution in [0.5, 0.6) is 5.75 Å². The lowest BCUT2D eigenvalue weighted by molar-refractivity contribution is 0.000713. The van der Waals surface area contributed by atoms with E-state index in [4.69, 9.17) is 9.47 Å². The SMILES string of the molecule is CC(C)(C)OC(=O)N1CCC2(CCC(CCOc3cncc(I)c3)CC2)CC1. The summed E-state index contributed by atoms with van der Waals surface area (Å²) in [5.41, 5.74) is 0.0236. The molecule has 156 valence electrons. The van der Waals surface area contributed by atoms with Crippen molar-refractivity contribution >= 4 is 28.7 Å². The van der Waals surface area contributed by atoms with Crippen LogP contribution in [-0.4, -0.2) is 41.3 Å². The van der Waals surface area contributed by atoms with Crippen molar-refractivity contribution in [1.29, 1.82) is 0 Å². The highest BCUT2D eigenvalue weighted by atomic mass is 127. The first-order valence-corrected chi connectivity index (χ1v) is 11.5. The van der Waals surface area contributed by atoms with Crippen LogP contribution in [0.25, 0.3) is 0 Å². The molecule has 3 rings (SSSR count). The Hall–Kier alpha value is -1.05. The maximum Gasteiger partial charge on any atom is 0.410 e. The van der Waals surface area contributed by atoms with E-state index in [1.165, 1.54) is 25.7 Å². The van der Waals surface area contributed by atoms with Crippen LogP contribution < -0.4 is 4.74 Å². The predicted octanol–water partition coefficient (Wildman–Crippen LogP) is 5.66. The molecule has 1 amide bonds. The molecule has 5 nitrogen and oxygen atoms in total. The number of halogens is 1. The molecule has 1 saturated carbocycles. The minimum atomic E-state index is -0.416. The summed E-state index contributed by atoms with van der Waals surface area (Å²) in [5, 5.41) is 0. The van der Waals surface area contributed by atoms with Gasteiger partial charge in [-0.2, -0.15) is 0 Å². The Labute approximate surface area is 182 Å². The zero-order chi connectivity index (χ0) is 20.2. The first-order valence-electron chi connectivity index (χ1n) is 10.5. The maximum absolute atomic E-state index is 12.3. The van der Waals surface area contributed by atoms with Crippen molar-refractivity contribution in [2.75, 3.05) is 19.7 Å². The Bertz CT molecular complexity index is 656. The smallest absolute Gasteiger partial charge is 0.410 e. The molecule has 0 bridgehead atoms. The molecule has 1 aliphatic carbocycles. The van der Waals surface area contributed by atoms with E-state index in [2.05, 4.69) is 27.6 Å². The van der Waals surface area contributed by atoms with E-state index in [1.807, 2.05) is 37.9 Å². The van der Waals surface area contributed by atoms with E-state index < -0.39 is 5.60 Å². The van der Waals surface area contributed by atoms with Crippen LogP contribution >= 0.6 is 22.6 Å². The largest absolute Gasteiger partial charge is 0.492 e. The van der Waals surface area contributed by atoms with Gasteiger partial charge in [0.25, 0.3) is 0 Å². The number of piperidine rings is 1. The van der Waals surface area contributed by atoms with Crippen molar-refractivity contribution in [2.24, 2.45) is 11.3 Å². The second kappa shape index (κ2) is 9.18. The Morgan fingerprint density at radius 1 is 1.21 bits per heavy atom. The Morgan fingerprint density at radius 2 is 1.89 bits per heavy atom. The summed E-state index contributed by atoms with van der Waals surface area (Å²) in [7, 11) is 0. The number of amides is 1. The predicted molar refractivity (Wildman–Crippen MR) is 118 cm³/mol. The van der Waals surface area contributed by atoms with Gasteiger partial charge in [0.15, 0.2) is 0 Å². The number of hydrogen-bond donors (Lipinski definition) is 0. The fourth-order valence-electron chi connectivity index (χ4n) is 4.38. The number of carbonyl (C=O) groups excluding carboxylic acids is 1. The number of carbonyl (C=O) groups is 1. The van der Waals surface area contributed by atoms with E-state index >= 15 is 0 Å². The molecule has 2 aliphatic rings. The summed E-state index contributed by atoms with van der Waals surface area (Å²) in [5.74, 6) is 1.62. The average Bonchev–Trinajstić information content (AvgIpc) is 2.63. The second-order valence-corrected chi connectivity index (χ2v) is 10.6. The Balaban J connectivity index is 1.38. The molecule has 28 heavy (non-hydrogen) atoms. The van der Waals surface area contributed by atoms with Crippen molar-refractivity contribution < 1.29 is 14.3 Å². The molecule has 0 aromatic carbocycles. The van der Waals surface area contributed by atoms with Crippen molar-refractivity contribution in [2.45, 2.75) is 71.3 Å². The fraction of sp³-hybridized carbons (Fsp3) is 0.727. The minimum Gasteiger partial charge on any atom is -0.492 e. The van der Waals surface area contributed by atoms with Crippen LogP contribution in [0.15, 0.2) is 18.5 Å². The lowest BCUT2D eigenvalue weighted by atomic mass is 9.65. The molecule has 0 radical (unpaired) electrons. The second-order valence-electron chi connectivity index (χ2n) is 9.39. The number of pyridine rings is 1.